The van der Waals surface area contributed by atoms with Gasteiger partial charge in [-0.2, -0.15) is 0 Å². The van der Waals surface area contributed by atoms with Crippen molar-refractivity contribution in [2.75, 3.05) is 19.0 Å². The summed E-state index contributed by atoms with van der Waals surface area (Å²) in [5, 5.41) is 13.8. The predicted octanol–water partition coefficient (Wildman–Crippen LogP) is 4.69. The van der Waals surface area contributed by atoms with Gasteiger partial charge >= 0.3 is 5.97 Å². The second-order valence-corrected chi connectivity index (χ2v) is 7.47. The molecule has 1 N–H and O–H groups in total. The highest BCUT2D eigenvalue weighted by molar-refractivity contribution is 7.18. The lowest BCUT2D eigenvalue weighted by molar-refractivity contribution is -0.384. The molecule has 9 heteroatoms. The van der Waals surface area contributed by atoms with Gasteiger partial charge in [0.15, 0.2) is 0 Å². The van der Waals surface area contributed by atoms with Crippen molar-refractivity contribution in [3.8, 4) is 16.2 Å². The van der Waals surface area contributed by atoms with Gasteiger partial charge in [0.1, 0.15) is 10.6 Å². The quantitative estimate of drug-likeness (QED) is 0.309. The second kappa shape index (κ2) is 9.86. The van der Waals surface area contributed by atoms with Crippen molar-refractivity contribution in [3.05, 3.63) is 75.2 Å². The summed E-state index contributed by atoms with van der Waals surface area (Å²) in [6.45, 7) is 1.87. The summed E-state index contributed by atoms with van der Waals surface area (Å²) in [6, 6.07) is 14.9. The van der Waals surface area contributed by atoms with E-state index in [1.807, 2.05) is 6.07 Å². The van der Waals surface area contributed by atoms with Crippen LogP contribution in [0.25, 0.3) is 10.4 Å². The number of hydrogen-bond donors (Lipinski definition) is 1. The van der Waals surface area contributed by atoms with Gasteiger partial charge in [0.05, 0.1) is 30.7 Å². The fourth-order valence-electron chi connectivity index (χ4n) is 2.96. The van der Waals surface area contributed by atoms with Gasteiger partial charge in [-0.1, -0.05) is 30.3 Å². The highest BCUT2D eigenvalue weighted by atomic mass is 32.1. The maximum atomic E-state index is 12.7. The number of nitro groups is 1. The molecule has 0 aliphatic heterocycles. The topological polar surface area (TPSA) is 108 Å². The average Bonchev–Trinajstić information content (AvgIpc) is 3.18. The number of carbonyl (C=O) groups is 2. The molecule has 8 nitrogen and oxygen atoms in total. The molecule has 0 radical (unpaired) electrons. The molecule has 0 saturated carbocycles. The number of thiophene rings is 1. The van der Waals surface area contributed by atoms with Crippen LogP contribution in [0.3, 0.4) is 0 Å². The van der Waals surface area contributed by atoms with Crippen LogP contribution in [0.5, 0.6) is 5.75 Å². The summed E-state index contributed by atoms with van der Waals surface area (Å²) in [5.74, 6) is -0.318. The fourth-order valence-corrected chi connectivity index (χ4v) is 3.97. The van der Waals surface area contributed by atoms with E-state index >= 15 is 0 Å². The zero-order chi connectivity index (χ0) is 22.4. The van der Waals surface area contributed by atoms with Gasteiger partial charge in [-0.25, -0.2) is 4.79 Å². The van der Waals surface area contributed by atoms with Gasteiger partial charge in [-0.15, -0.1) is 11.3 Å². The van der Waals surface area contributed by atoms with E-state index in [1.54, 1.807) is 43.3 Å². The molecule has 2 aromatic carbocycles. The zero-order valence-electron chi connectivity index (χ0n) is 16.9. The summed E-state index contributed by atoms with van der Waals surface area (Å²) in [5.41, 5.74) is 1.50. The summed E-state index contributed by atoms with van der Waals surface area (Å²) < 4.78 is 10.4. The Morgan fingerprint density at radius 3 is 2.61 bits per heavy atom. The van der Waals surface area contributed by atoms with E-state index in [9.17, 15) is 19.7 Å². The Hall–Kier alpha value is -3.72. The van der Waals surface area contributed by atoms with Gasteiger partial charge in [-0.05, 0) is 24.6 Å². The first kappa shape index (κ1) is 22.0. The largest absolute Gasteiger partial charge is 0.496 e. The van der Waals surface area contributed by atoms with Crippen molar-refractivity contribution in [2.24, 2.45) is 0 Å². The lowest BCUT2D eigenvalue weighted by Gasteiger charge is -2.09. The molecule has 0 aliphatic rings. The zero-order valence-corrected chi connectivity index (χ0v) is 17.7. The van der Waals surface area contributed by atoms with Gasteiger partial charge in [0.2, 0.25) is 5.91 Å². The Balaban J connectivity index is 1.91. The Labute approximate surface area is 182 Å². The van der Waals surface area contributed by atoms with Crippen molar-refractivity contribution in [3.63, 3.8) is 0 Å². The minimum atomic E-state index is -0.572. The molecule has 0 aliphatic carbocycles. The number of esters is 1. The van der Waals surface area contributed by atoms with Crippen LogP contribution in [0.15, 0.2) is 54.6 Å². The van der Waals surface area contributed by atoms with E-state index in [0.717, 1.165) is 11.3 Å². The molecule has 0 saturated heterocycles. The number of non-ortho nitro benzene ring substituents is 1. The van der Waals surface area contributed by atoms with Crippen molar-refractivity contribution < 1.29 is 24.0 Å². The number of methoxy groups -OCH3 is 1. The number of para-hydroxylation sites is 1. The number of hydrogen-bond acceptors (Lipinski definition) is 7. The summed E-state index contributed by atoms with van der Waals surface area (Å²) in [4.78, 5) is 36.5. The van der Waals surface area contributed by atoms with E-state index in [1.165, 1.54) is 19.2 Å². The molecule has 0 bridgehead atoms. The summed E-state index contributed by atoms with van der Waals surface area (Å²) >= 11 is 1.10. The van der Waals surface area contributed by atoms with E-state index in [2.05, 4.69) is 5.32 Å². The van der Waals surface area contributed by atoms with Crippen LogP contribution in [0, 0.1) is 10.1 Å². The van der Waals surface area contributed by atoms with E-state index in [0.29, 0.717) is 27.4 Å². The first-order chi connectivity index (χ1) is 14.9. The van der Waals surface area contributed by atoms with Crippen LogP contribution in [0.4, 0.5) is 11.4 Å². The van der Waals surface area contributed by atoms with Gasteiger partial charge in [0, 0.05) is 22.6 Å². The van der Waals surface area contributed by atoms with Gasteiger partial charge in [-0.3, -0.25) is 14.9 Å². The number of anilines is 1. The Morgan fingerprint density at radius 2 is 1.90 bits per heavy atom. The molecule has 3 aromatic rings. The lowest BCUT2D eigenvalue weighted by atomic mass is 10.1. The number of ether oxygens (including phenoxy) is 2. The number of nitrogens with zero attached hydrogens (tertiary/aromatic N) is 1. The normalized spacial score (nSPS) is 10.4. The first-order valence-electron chi connectivity index (χ1n) is 9.40. The van der Waals surface area contributed by atoms with Crippen molar-refractivity contribution >= 4 is 34.6 Å². The third-order valence-corrected chi connectivity index (χ3v) is 5.52. The minimum Gasteiger partial charge on any atom is -0.496 e. The molecule has 1 aromatic heterocycles. The Bertz CT molecular complexity index is 1120. The number of benzene rings is 2. The molecule has 160 valence electrons. The molecule has 3 rings (SSSR count). The van der Waals surface area contributed by atoms with Crippen molar-refractivity contribution in [1.29, 1.82) is 0 Å². The molecular formula is C22H20N2O6S. The fraction of sp³-hybridized carbons (Fsp3) is 0.182. The van der Waals surface area contributed by atoms with Crippen LogP contribution in [0.2, 0.25) is 0 Å². The van der Waals surface area contributed by atoms with Gasteiger partial charge < -0.3 is 14.8 Å². The van der Waals surface area contributed by atoms with Crippen LogP contribution in [0.1, 0.15) is 22.2 Å². The third-order valence-electron chi connectivity index (χ3n) is 4.35. The highest BCUT2D eigenvalue weighted by Crippen LogP contribution is 2.36. The molecule has 0 atom stereocenters. The maximum absolute atomic E-state index is 12.7. The van der Waals surface area contributed by atoms with Crippen molar-refractivity contribution in [2.45, 2.75) is 13.3 Å². The minimum absolute atomic E-state index is 0.0499. The van der Waals surface area contributed by atoms with Crippen LogP contribution < -0.4 is 10.1 Å². The molecule has 1 heterocycles. The number of amides is 1. The molecule has 1 amide bonds. The Morgan fingerprint density at radius 1 is 1.13 bits per heavy atom. The lowest BCUT2D eigenvalue weighted by Crippen LogP contribution is -2.16. The number of nitro benzene ring substituents is 1. The first-order valence-corrected chi connectivity index (χ1v) is 10.2. The average molecular weight is 440 g/mol. The standard InChI is InChI=1S/C22H20N2O6S/c1-3-30-22(26)21-17(23-20(25)12-14-7-4-5-10-18(14)29-2)13-19(31-21)15-8-6-9-16(11-15)24(27)28/h4-11,13H,3,12H2,1-2H3,(H,23,25). The monoisotopic (exact) mass is 440 g/mol. The second-order valence-electron chi connectivity index (χ2n) is 6.42. The van der Waals surface area contributed by atoms with Crippen LogP contribution in [-0.4, -0.2) is 30.5 Å². The predicted molar refractivity (Wildman–Crippen MR) is 118 cm³/mol. The number of nitrogens with one attached hydrogen (secondary N) is 1. The van der Waals surface area contributed by atoms with Gasteiger partial charge in [0.25, 0.3) is 5.69 Å². The molecule has 0 fully saturated rings. The van der Waals surface area contributed by atoms with Crippen molar-refractivity contribution in [1.82, 2.24) is 0 Å². The SMILES string of the molecule is CCOC(=O)c1sc(-c2cccc([N+](=O)[O-])c2)cc1NC(=O)Cc1ccccc1OC. The molecule has 0 unspecified atom stereocenters. The smallest absolute Gasteiger partial charge is 0.350 e. The van der Waals surface area contributed by atoms with E-state index in [4.69, 9.17) is 9.47 Å². The van der Waals surface area contributed by atoms with Crippen LogP contribution >= 0.6 is 11.3 Å². The Kier molecular flexibility index (Phi) is 6.99. The molecule has 31 heavy (non-hydrogen) atoms. The number of rotatable bonds is 8. The van der Waals surface area contributed by atoms with Crippen LogP contribution in [-0.2, 0) is 16.0 Å². The van der Waals surface area contributed by atoms with E-state index < -0.39 is 10.9 Å². The number of carbonyl (C=O) groups excluding carboxylic acids is 2. The summed E-state index contributed by atoms with van der Waals surface area (Å²) in [7, 11) is 1.53. The summed E-state index contributed by atoms with van der Waals surface area (Å²) in [6.07, 6.45) is 0.0499. The maximum Gasteiger partial charge on any atom is 0.350 e. The third kappa shape index (κ3) is 5.26. The molecule has 0 spiro atoms. The molecular weight excluding hydrogens is 420 g/mol. The highest BCUT2D eigenvalue weighted by Gasteiger charge is 2.21. The van der Waals surface area contributed by atoms with E-state index in [-0.39, 0.29) is 29.5 Å².